The van der Waals surface area contributed by atoms with Crippen molar-refractivity contribution in [3.05, 3.63) is 28.8 Å². The maximum absolute atomic E-state index is 7.40. The van der Waals surface area contributed by atoms with Crippen LogP contribution in [0.5, 0.6) is 5.75 Å². The lowest BCUT2D eigenvalue weighted by Crippen LogP contribution is -2.28. The van der Waals surface area contributed by atoms with E-state index in [0.717, 1.165) is 18.6 Å². The summed E-state index contributed by atoms with van der Waals surface area (Å²) < 4.78 is 6.02. The molecule has 4 heteroatoms. The molecule has 1 saturated carbocycles. The van der Waals surface area contributed by atoms with Gasteiger partial charge in [-0.15, -0.1) is 0 Å². The molecule has 0 spiro atoms. The molecule has 2 unspecified atom stereocenters. The predicted octanol–water partition coefficient (Wildman–Crippen LogP) is 3.83. The molecule has 3 N–H and O–H groups in total. The number of halogens is 1. The van der Waals surface area contributed by atoms with E-state index in [1.54, 1.807) is 12.1 Å². The molecule has 2 atom stereocenters. The fraction of sp³-hybridized carbons (Fsp3) is 0.533. The van der Waals surface area contributed by atoms with Crippen LogP contribution >= 0.6 is 11.6 Å². The SMILES string of the molecule is CC1CC(C)CC(Oc2ccc(C(=N)N)c(Cl)c2)C1. The van der Waals surface area contributed by atoms with Gasteiger partial charge < -0.3 is 10.5 Å². The van der Waals surface area contributed by atoms with E-state index in [0.29, 0.717) is 22.4 Å². The van der Waals surface area contributed by atoms with Gasteiger partial charge in [-0.2, -0.15) is 0 Å². The Hall–Kier alpha value is -1.22. The van der Waals surface area contributed by atoms with Crippen molar-refractivity contribution in [3.8, 4) is 5.75 Å². The van der Waals surface area contributed by atoms with E-state index in [1.807, 2.05) is 6.07 Å². The Morgan fingerprint density at radius 3 is 2.42 bits per heavy atom. The van der Waals surface area contributed by atoms with Crippen LogP contribution in [-0.4, -0.2) is 11.9 Å². The number of hydrogen-bond donors (Lipinski definition) is 2. The van der Waals surface area contributed by atoms with Gasteiger partial charge in [-0.05, 0) is 49.3 Å². The third-order valence-corrected chi connectivity index (χ3v) is 3.98. The Balaban J connectivity index is 2.07. The van der Waals surface area contributed by atoms with Gasteiger partial charge in [0.1, 0.15) is 11.6 Å². The molecule has 1 aliphatic carbocycles. The zero-order chi connectivity index (χ0) is 14.0. The highest BCUT2D eigenvalue weighted by Crippen LogP contribution is 2.32. The molecule has 0 saturated heterocycles. The molecular formula is C15H21ClN2O. The fourth-order valence-electron chi connectivity index (χ4n) is 2.95. The first-order valence-electron chi connectivity index (χ1n) is 6.76. The second-order valence-corrected chi connectivity index (χ2v) is 6.12. The normalized spacial score (nSPS) is 27.0. The summed E-state index contributed by atoms with van der Waals surface area (Å²) in [5.41, 5.74) is 6.00. The van der Waals surface area contributed by atoms with Crippen molar-refractivity contribution in [2.75, 3.05) is 0 Å². The number of benzene rings is 1. The summed E-state index contributed by atoms with van der Waals surface area (Å²) in [5.74, 6) is 2.17. The highest BCUT2D eigenvalue weighted by molar-refractivity contribution is 6.34. The van der Waals surface area contributed by atoms with Gasteiger partial charge in [0.2, 0.25) is 0 Å². The molecule has 104 valence electrons. The molecule has 0 heterocycles. The molecule has 1 aromatic carbocycles. The molecule has 3 nitrogen and oxygen atoms in total. The first-order chi connectivity index (χ1) is 8.95. The van der Waals surface area contributed by atoms with Crippen LogP contribution in [0.4, 0.5) is 0 Å². The predicted molar refractivity (Wildman–Crippen MR) is 79.1 cm³/mol. The molecule has 0 aromatic heterocycles. The topological polar surface area (TPSA) is 59.1 Å². The smallest absolute Gasteiger partial charge is 0.124 e. The Morgan fingerprint density at radius 1 is 1.26 bits per heavy atom. The molecule has 0 radical (unpaired) electrons. The van der Waals surface area contributed by atoms with Crippen LogP contribution in [0.25, 0.3) is 0 Å². The van der Waals surface area contributed by atoms with Gasteiger partial charge in [-0.3, -0.25) is 5.41 Å². The molecule has 1 fully saturated rings. The van der Waals surface area contributed by atoms with E-state index in [-0.39, 0.29) is 11.9 Å². The number of ether oxygens (including phenoxy) is 1. The van der Waals surface area contributed by atoms with Crippen molar-refractivity contribution >= 4 is 17.4 Å². The molecule has 0 bridgehead atoms. The molecule has 0 amide bonds. The van der Waals surface area contributed by atoms with Gasteiger partial charge in [-0.1, -0.05) is 25.4 Å². The van der Waals surface area contributed by atoms with E-state index in [9.17, 15) is 0 Å². The Labute approximate surface area is 119 Å². The van der Waals surface area contributed by atoms with Gasteiger partial charge in [0, 0.05) is 5.56 Å². The second-order valence-electron chi connectivity index (χ2n) is 5.71. The van der Waals surface area contributed by atoms with E-state index in [4.69, 9.17) is 27.5 Å². The van der Waals surface area contributed by atoms with E-state index in [1.165, 1.54) is 6.42 Å². The number of amidine groups is 1. The van der Waals surface area contributed by atoms with Crippen LogP contribution < -0.4 is 10.5 Å². The minimum atomic E-state index is -0.0172. The number of nitrogens with one attached hydrogen (secondary N) is 1. The molecule has 1 aliphatic rings. The maximum Gasteiger partial charge on any atom is 0.124 e. The van der Waals surface area contributed by atoms with Crippen LogP contribution in [-0.2, 0) is 0 Å². The van der Waals surface area contributed by atoms with E-state index >= 15 is 0 Å². The van der Waals surface area contributed by atoms with Gasteiger partial charge in [-0.25, -0.2) is 0 Å². The Kier molecular flexibility index (Phi) is 4.35. The van der Waals surface area contributed by atoms with Crippen molar-refractivity contribution in [3.63, 3.8) is 0 Å². The van der Waals surface area contributed by atoms with Crippen molar-refractivity contribution in [2.45, 2.75) is 39.2 Å². The lowest BCUT2D eigenvalue weighted by atomic mass is 9.82. The molecule has 2 rings (SSSR count). The van der Waals surface area contributed by atoms with E-state index < -0.39 is 0 Å². The van der Waals surface area contributed by atoms with Gasteiger partial charge in [0.25, 0.3) is 0 Å². The van der Waals surface area contributed by atoms with Crippen LogP contribution in [0, 0.1) is 17.2 Å². The quantitative estimate of drug-likeness (QED) is 0.653. The van der Waals surface area contributed by atoms with Gasteiger partial charge >= 0.3 is 0 Å². The number of hydrogen-bond acceptors (Lipinski definition) is 2. The monoisotopic (exact) mass is 280 g/mol. The molecule has 19 heavy (non-hydrogen) atoms. The summed E-state index contributed by atoms with van der Waals surface area (Å²) in [6.07, 6.45) is 3.73. The van der Waals surface area contributed by atoms with Crippen molar-refractivity contribution in [1.82, 2.24) is 0 Å². The molecule has 0 aliphatic heterocycles. The van der Waals surface area contributed by atoms with Crippen molar-refractivity contribution in [1.29, 1.82) is 5.41 Å². The summed E-state index contributed by atoms with van der Waals surface area (Å²) in [4.78, 5) is 0. The van der Waals surface area contributed by atoms with Crippen molar-refractivity contribution in [2.24, 2.45) is 17.6 Å². The van der Waals surface area contributed by atoms with Gasteiger partial charge in [0.15, 0.2) is 0 Å². The summed E-state index contributed by atoms with van der Waals surface area (Å²) in [6, 6.07) is 5.34. The summed E-state index contributed by atoms with van der Waals surface area (Å²) in [7, 11) is 0. The minimum Gasteiger partial charge on any atom is -0.490 e. The first kappa shape index (κ1) is 14.2. The Morgan fingerprint density at radius 2 is 1.89 bits per heavy atom. The van der Waals surface area contributed by atoms with E-state index in [2.05, 4.69) is 13.8 Å². The largest absolute Gasteiger partial charge is 0.490 e. The van der Waals surface area contributed by atoms with Crippen LogP contribution in [0.2, 0.25) is 5.02 Å². The average Bonchev–Trinajstić information content (AvgIpc) is 2.26. The summed E-state index contributed by atoms with van der Waals surface area (Å²) >= 11 is 6.10. The maximum atomic E-state index is 7.40. The number of nitrogens with two attached hydrogens (primary N) is 1. The van der Waals surface area contributed by atoms with Crippen molar-refractivity contribution < 1.29 is 4.74 Å². The van der Waals surface area contributed by atoms with Crippen LogP contribution in [0.3, 0.4) is 0 Å². The molecule has 1 aromatic rings. The zero-order valence-corrected chi connectivity index (χ0v) is 12.2. The summed E-state index contributed by atoms with van der Waals surface area (Å²) in [5, 5.41) is 7.88. The third kappa shape index (κ3) is 3.63. The highest BCUT2D eigenvalue weighted by Gasteiger charge is 2.25. The number of rotatable bonds is 3. The van der Waals surface area contributed by atoms with Crippen LogP contribution in [0.1, 0.15) is 38.7 Å². The zero-order valence-electron chi connectivity index (χ0n) is 11.4. The summed E-state index contributed by atoms with van der Waals surface area (Å²) in [6.45, 7) is 4.55. The van der Waals surface area contributed by atoms with Gasteiger partial charge in [0.05, 0.1) is 11.1 Å². The minimum absolute atomic E-state index is 0.0172. The standard InChI is InChI=1S/C15H21ClN2O/c1-9-5-10(2)7-12(6-9)19-11-3-4-13(15(17)18)14(16)8-11/h3-4,8-10,12H,5-7H2,1-2H3,(H3,17,18). The Bertz CT molecular complexity index is 465. The number of nitrogen functional groups attached to an aromatic ring is 1. The first-order valence-corrected chi connectivity index (χ1v) is 7.14. The molecular weight excluding hydrogens is 260 g/mol. The lowest BCUT2D eigenvalue weighted by molar-refractivity contribution is 0.101. The highest BCUT2D eigenvalue weighted by atomic mass is 35.5. The fourth-order valence-corrected chi connectivity index (χ4v) is 3.22. The third-order valence-electron chi connectivity index (χ3n) is 3.67. The lowest BCUT2D eigenvalue weighted by Gasteiger charge is -2.31. The van der Waals surface area contributed by atoms with Crippen LogP contribution in [0.15, 0.2) is 18.2 Å². The second kappa shape index (κ2) is 5.83. The average molecular weight is 281 g/mol.